The van der Waals surface area contributed by atoms with Gasteiger partial charge in [0.25, 0.3) is 0 Å². The van der Waals surface area contributed by atoms with Gasteiger partial charge in [-0.25, -0.2) is 9.13 Å². The van der Waals surface area contributed by atoms with Crippen LogP contribution in [-0.2, 0) is 65.4 Å². The van der Waals surface area contributed by atoms with Gasteiger partial charge in [0.1, 0.15) is 19.3 Å². The van der Waals surface area contributed by atoms with Crippen molar-refractivity contribution in [3.8, 4) is 0 Å². The number of carbonyl (C=O) groups excluding carboxylic acids is 4. The van der Waals surface area contributed by atoms with E-state index in [-0.39, 0.29) is 25.7 Å². The van der Waals surface area contributed by atoms with Crippen LogP contribution >= 0.6 is 15.6 Å². The number of rotatable bonds is 75. The number of aliphatic hydroxyl groups excluding tert-OH is 1. The van der Waals surface area contributed by atoms with E-state index in [1.165, 1.54) is 199 Å². The van der Waals surface area contributed by atoms with E-state index < -0.39 is 97.5 Å². The number of unbranched alkanes of at least 4 members (excludes halogenated alkanes) is 41. The second-order valence-electron chi connectivity index (χ2n) is 30.0. The van der Waals surface area contributed by atoms with Crippen molar-refractivity contribution in [2.45, 2.75) is 414 Å². The fraction of sp³-hybridized carbons (Fsp3) is 0.949. The summed E-state index contributed by atoms with van der Waals surface area (Å²) in [6.45, 7) is 14.2. The van der Waals surface area contributed by atoms with Gasteiger partial charge in [0.15, 0.2) is 12.2 Å². The van der Waals surface area contributed by atoms with E-state index in [1.54, 1.807) is 0 Å². The predicted octanol–water partition coefficient (Wildman–Crippen LogP) is 22.8. The number of aliphatic hydroxyl groups is 1. The van der Waals surface area contributed by atoms with Crippen molar-refractivity contribution in [2.75, 3.05) is 39.6 Å². The summed E-state index contributed by atoms with van der Waals surface area (Å²) >= 11 is 0. The molecule has 3 N–H and O–H groups in total. The number of phosphoric ester groups is 2. The largest absolute Gasteiger partial charge is 0.472 e. The number of esters is 4. The van der Waals surface area contributed by atoms with Crippen LogP contribution in [0.5, 0.6) is 0 Å². The van der Waals surface area contributed by atoms with Gasteiger partial charge >= 0.3 is 39.5 Å². The molecule has 0 radical (unpaired) electrons. The average molecular weight is 1420 g/mol. The highest BCUT2D eigenvalue weighted by atomic mass is 31.2. The highest BCUT2D eigenvalue weighted by Gasteiger charge is 2.30. The lowest BCUT2D eigenvalue weighted by molar-refractivity contribution is -0.161. The van der Waals surface area contributed by atoms with E-state index in [0.29, 0.717) is 25.7 Å². The highest BCUT2D eigenvalue weighted by molar-refractivity contribution is 7.47. The van der Waals surface area contributed by atoms with Crippen LogP contribution in [0.4, 0.5) is 0 Å². The van der Waals surface area contributed by atoms with E-state index in [1.807, 2.05) is 0 Å². The second kappa shape index (κ2) is 67.2. The Hall–Kier alpha value is -1.94. The van der Waals surface area contributed by atoms with Crippen molar-refractivity contribution < 1.29 is 80.2 Å². The Morgan fingerprint density at radius 3 is 0.639 bits per heavy atom. The molecule has 0 saturated carbocycles. The zero-order chi connectivity index (χ0) is 71.7. The van der Waals surface area contributed by atoms with Crippen molar-refractivity contribution in [3.05, 3.63) is 0 Å². The molecule has 0 bridgehead atoms. The van der Waals surface area contributed by atoms with Crippen molar-refractivity contribution in [2.24, 2.45) is 23.7 Å². The Balaban J connectivity index is 5.22. The summed E-state index contributed by atoms with van der Waals surface area (Å²) in [6.07, 6.45) is 52.9. The van der Waals surface area contributed by atoms with Gasteiger partial charge in [-0.15, -0.1) is 0 Å². The van der Waals surface area contributed by atoms with E-state index in [9.17, 15) is 43.2 Å². The normalized spacial score (nSPS) is 14.1. The molecule has 0 spiro atoms. The summed E-state index contributed by atoms with van der Waals surface area (Å²) in [4.78, 5) is 72.9. The fourth-order valence-electron chi connectivity index (χ4n) is 11.9. The first-order valence-corrected chi connectivity index (χ1v) is 43.2. The monoisotopic (exact) mass is 1420 g/mol. The minimum Gasteiger partial charge on any atom is -0.462 e. The first kappa shape index (κ1) is 95.1. The lowest BCUT2D eigenvalue weighted by Crippen LogP contribution is -2.30. The van der Waals surface area contributed by atoms with Gasteiger partial charge in [-0.3, -0.25) is 37.3 Å². The molecule has 0 amide bonds. The van der Waals surface area contributed by atoms with Crippen molar-refractivity contribution in [1.82, 2.24) is 0 Å². The first-order valence-electron chi connectivity index (χ1n) is 40.2. The van der Waals surface area contributed by atoms with Gasteiger partial charge < -0.3 is 33.8 Å². The Labute approximate surface area is 594 Å². The number of ether oxygens (including phenoxy) is 4. The average Bonchev–Trinajstić information content (AvgIpc) is 1.15. The molecule has 0 aromatic carbocycles. The van der Waals surface area contributed by atoms with Crippen LogP contribution in [0.3, 0.4) is 0 Å². The Morgan fingerprint density at radius 1 is 0.258 bits per heavy atom. The maximum Gasteiger partial charge on any atom is 0.472 e. The smallest absolute Gasteiger partial charge is 0.462 e. The molecule has 0 aromatic rings. The topological polar surface area (TPSA) is 237 Å². The summed E-state index contributed by atoms with van der Waals surface area (Å²) in [5.41, 5.74) is 0. The quantitative estimate of drug-likeness (QED) is 0.0222. The predicted molar refractivity (Wildman–Crippen MR) is 395 cm³/mol. The summed E-state index contributed by atoms with van der Waals surface area (Å²) in [5, 5.41) is 10.6. The van der Waals surface area contributed by atoms with E-state index in [4.69, 9.17) is 37.0 Å². The van der Waals surface area contributed by atoms with Gasteiger partial charge in [0, 0.05) is 25.7 Å². The highest BCUT2D eigenvalue weighted by Crippen LogP contribution is 2.45. The molecule has 97 heavy (non-hydrogen) atoms. The van der Waals surface area contributed by atoms with Crippen LogP contribution in [0, 0.1) is 23.7 Å². The SMILES string of the molecule is CC(C)CCCCCCCCCCCCCCCCCCCCC(=O)O[C@H](COC(=O)CCCCCCCCCCCCC(C)C)COP(=O)(O)OCC(O)COP(=O)(O)OC[C@@H](COC(=O)CCCCCCCCCCC(C)C)OC(=O)CCCCCCCCCCCC(C)C. The van der Waals surface area contributed by atoms with Crippen LogP contribution in [0.15, 0.2) is 0 Å². The molecule has 0 aliphatic heterocycles. The molecule has 576 valence electrons. The molecule has 0 aliphatic carbocycles. The number of hydrogen-bond donors (Lipinski definition) is 3. The fourth-order valence-corrected chi connectivity index (χ4v) is 13.5. The van der Waals surface area contributed by atoms with Crippen molar-refractivity contribution in [1.29, 1.82) is 0 Å². The lowest BCUT2D eigenvalue weighted by Gasteiger charge is -2.21. The summed E-state index contributed by atoms with van der Waals surface area (Å²) in [7, 11) is -9.92. The van der Waals surface area contributed by atoms with E-state index >= 15 is 0 Å². The minimum absolute atomic E-state index is 0.104. The van der Waals surface area contributed by atoms with E-state index in [0.717, 1.165) is 114 Å². The minimum atomic E-state index is -4.96. The maximum atomic E-state index is 13.1. The molecule has 0 saturated heterocycles. The Morgan fingerprint density at radius 2 is 0.433 bits per heavy atom. The van der Waals surface area contributed by atoms with Crippen LogP contribution in [0.2, 0.25) is 0 Å². The van der Waals surface area contributed by atoms with Gasteiger partial charge in [-0.1, -0.05) is 344 Å². The molecular formula is C78H152O17P2. The molecule has 17 nitrogen and oxygen atoms in total. The molecule has 0 heterocycles. The third-order valence-corrected chi connectivity index (χ3v) is 20.0. The standard InChI is InChI=1S/C78H152O17P2/c1-68(2)54-46-38-30-22-17-15-13-11-9-10-12-14-16-18-26-36-44-52-60-77(82)94-73(64-88-75(80)58-50-42-34-25-20-19-23-31-39-47-55-69(3)4)66-92-96(84,85)90-62-72(79)63-91-97(86,87)93-67-74(65-89-76(81)59-51-43-35-29-28-33-41-49-57-71(7)8)95-78(83)61-53-45-37-27-21-24-32-40-48-56-70(5)6/h68-74,79H,9-67H2,1-8H3,(H,84,85)(H,86,87)/t72?,73-,74-/m1/s1. The molecule has 0 fully saturated rings. The molecular weight excluding hydrogens is 1270 g/mol. The van der Waals surface area contributed by atoms with Crippen molar-refractivity contribution >= 4 is 39.5 Å². The zero-order valence-electron chi connectivity index (χ0n) is 63.7. The third-order valence-electron chi connectivity index (χ3n) is 18.1. The summed E-state index contributed by atoms with van der Waals surface area (Å²) in [6, 6.07) is 0. The number of hydrogen-bond acceptors (Lipinski definition) is 15. The Bertz CT molecular complexity index is 1900. The van der Waals surface area contributed by atoms with E-state index in [2.05, 4.69) is 55.4 Å². The maximum absolute atomic E-state index is 13.1. The third kappa shape index (κ3) is 72.2. The van der Waals surface area contributed by atoms with Gasteiger partial charge in [-0.2, -0.15) is 0 Å². The van der Waals surface area contributed by atoms with Crippen LogP contribution in [0.25, 0.3) is 0 Å². The van der Waals surface area contributed by atoms with Gasteiger partial charge in [-0.05, 0) is 49.4 Å². The molecule has 19 heteroatoms. The summed E-state index contributed by atoms with van der Waals surface area (Å²) in [5.74, 6) is 0.922. The summed E-state index contributed by atoms with van der Waals surface area (Å²) < 4.78 is 68.6. The Kier molecular flexibility index (Phi) is 65.9. The zero-order valence-corrected chi connectivity index (χ0v) is 65.5. The molecule has 0 aliphatic rings. The first-order chi connectivity index (χ1) is 46.6. The van der Waals surface area contributed by atoms with Crippen LogP contribution < -0.4 is 0 Å². The number of phosphoric acid groups is 2. The lowest BCUT2D eigenvalue weighted by atomic mass is 10.0. The van der Waals surface area contributed by atoms with Gasteiger partial charge in [0.2, 0.25) is 0 Å². The molecule has 3 unspecified atom stereocenters. The van der Waals surface area contributed by atoms with Gasteiger partial charge in [0.05, 0.1) is 26.4 Å². The number of carbonyl (C=O) groups is 4. The molecule has 0 aromatic heterocycles. The van der Waals surface area contributed by atoms with Crippen molar-refractivity contribution in [3.63, 3.8) is 0 Å². The van der Waals surface area contributed by atoms with Crippen LogP contribution in [-0.4, -0.2) is 96.7 Å². The molecule has 0 rings (SSSR count). The molecule has 5 atom stereocenters. The van der Waals surface area contributed by atoms with Crippen LogP contribution in [0.1, 0.15) is 396 Å². The second-order valence-corrected chi connectivity index (χ2v) is 32.9.